The minimum Gasteiger partial charge on any atom is -0.340 e. The molecule has 0 aliphatic rings. The molecular formula is C14H18F2N2O3. The minimum absolute atomic E-state index is 0.256. The first kappa shape index (κ1) is 17.0. The van der Waals surface area contributed by atoms with Crippen LogP contribution in [-0.4, -0.2) is 24.5 Å². The van der Waals surface area contributed by atoms with Crippen molar-refractivity contribution in [2.24, 2.45) is 5.92 Å². The minimum atomic E-state index is -0.990. The summed E-state index contributed by atoms with van der Waals surface area (Å²) in [4.78, 5) is 28.6. The highest BCUT2D eigenvalue weighted by molar-refractivity contribution is 5.97. The third-order valence-corrected chi connectivity index (χ3v) is 2.74. The van der Waals surface area contributed by atoms with Crippen molar-refractivity contribution in [3.05, 3.63) is 35.4 Å². The second-order valence-electron chi connectivity index (χ2n) is 4.69. The first-order chi connectivity index (χ1) is 9.88. The molecule has 1 aromatic rings. The summed E-state index contributed by atoms with van der Waals surface area (Å²) in [7, 11) is 0. The highest BCUT2D eigenvalue weighted by Crippen LogP contribution is 2.13. The van der Waals surface area contributed by atoms with Crippen molar-refractivity contribution in [3.63, 3.8) is 0 Å². The van der Waals surface area contributed by atoms with Crippen LogP contribution >= 0.6 is 0 Å². The van der Waals surface area contributed by atoms with E-state index in [0.717, 1.165) is 18.2 Å². The number of carbonyl (C=O) groups is 2. The maximum atomic E-state index is 13.5. The largest absolute Gasteiger partial charge is 0.340 e. The van der Waals surface area contributed by atoms with Gasteiger partial charge in [0.05, 0.1) is 6.61 Å². The first-order valence-electron chi connectivity index (χ1n) is 6.55. The van der Waals surface area contributed by atoms with Crippen LogP contribution in [-0.2, 0) is 9.63 Å². The Morgan fingerprint density at radius 3 is 2.29 bits per heavy atom. The first-order valence-corrected chi connectivity index (χ1v) is 6.55. The lowest BCUT2D eigenvalue weighted by molar-refractivity contribution is -0.136. The number of hydrogen-bond donors (Lipinski definition) is 2. The Labute approximate surface area is 121 Å². The van der Waals surface area contributed by atoms with E-state index in [1.807, 2.05) is 0 Å². The van der Waals surface area contributed by atoms with E-state index in [4.69, 9.17) is 4.84 Å². The summed E-state index contributed by atoms with van der Waals surface area (Å²) >= 11 is 0. The fraction of sp³-hybridized carbons (Fsp3) is 0.429. The van der Waals surface area contributed by atoms with Crippen LogP contribution in [0.2, 0.25) is 0 Å². The molecule has 2 amide bonds. The summed E-state index contributed by atoms with van der Waals surface area (Å²) in [5.74, 6) is -3.84. The Bertz CT molecular complexity index is 501. The number of amides is 2. The summed E-state index contributed by atoms with van der Waals surface area (Å²) in [6.07, 6.45) is 0. The Balaban J connectivity index is 2.89. The average molecular weight is 300 g/mol. The maximum absolute atomic E-state index is 13.5. The molecule has 2 N–H and O–H groups in total. The lowest BCUT2D eigenvalue weighted by Crippen LogP contribution is -2.50. The molecule has 0 saturated heterocycles. The van der Waals surface area contributed by atoms with Gasteiger partial charge in [-0.05, 0) is 25.0 Å². The third kappa shape index (κ3) is 4.49. The maximum Gasteiger partial charge on any atom is 0.266 e. The summed E-state index contributed by atoms with van der Waals surface area (Å²) in [6.45, 7) is 5.31. The zero-order chi connectivity index (χ0) is 16.0. The molecule has 21 heavy (non-hydrogen) atoms. The van der Waals surface area contributed by atoms with E-state index in [-0.39, 0.29) is 12.5 Å². The molecule has 0 aliphatic heterocycles. The van der Waals surface area contributed by atoms with Crippen molar-refractivity contribution in [1.82, 2.24) is 10.8 Å². The van der Waals surface area contributed by atoms with Gasteiger partial charge in [0.25, 0.3) is 11.8 Å². The van der Waals surface area contributed by atoms with E-state index in [0.29, 0.717) is 0 Å². The fourth-order valence-electron chi connectivity index (χ4n) is 1.67. The molecule has 1 aromatic carbocycles. The summed E-state index contributed by atoms with van der Waals surface area (Å²) in [6, 6.07) is 2.14. The Kier molecular flexibility index (Phi) is 6.23. The number of rotatable bonds is 6. The molecule has 0 radical (unpaired) electrons. The molecule has 0 aromatic heterocycles. The Morgan fingerprint density at radius 2 is 1.81 bits per heavy atom. The Morgan fingerprint density at radius 1 is 1.24 bits per heavy atom. The van der Waals surface area contributed by atoms with Gasteiger partial charge in [-0.3, -0.25) is 14.4 Å². The van der Waals surface area contributed by atoms with Crippen LogP contribution in [0.1, 0.15) is 31.1 Å². The standard InChI is InChI=1S/C14H18F2N2O3/c1-4-21-18-14(20)12(8(2)3)17-13(19)11-9(15)6-5-7-10(11)16/h5-8,12H,4H2,1-3H3,(H,17,19)(H,18,20). The predicted octanol–water partition coefficient (Wildman–Crippen LogP) is 1.79. The van der Waals surface area contributed by atoms with Crippen LogP contribution in [0.5, 0.6) is 0 Å². The predicted molar refractivity (Wildman–Crippen MR) is 72.2 cm³/mol. The average Bonchev–Trinajstić information content (AvgIpc) is 2.41. The molecule has 0 heterocycles. The summed E-state index contributed by atoms with van der Waals surface area (Å²) < 4.78 is 27.1. The van der Waals surface area contributed by atoms with Crippen molar-refractivity contribution in [3.8, 4) is 0 Å². The van der Waals surface area contributed by atoms with Gasteiger partial charge in [-0.2, -0.15) is 0 Å². The van der Waals surface area contributed by atoms with Crippen LogP contribution in [0.3, 0.4) is 0 Å². The zero-order valence-electron chi connectivity index (χ0n) is 12.1. The number of nitrogens with one attached hydrogen (secondary N) is 2. The second kappa shape index (κ2) is 7.68. The molecule has 1 unspecified atom stereocenters. The van der Waals surface area contributed by atoms with Crippen LogP contribution < -0.4 is 10.8 Å². The van der Waals surface area contributed by atoms with Gasteiger partial charge in [0, 0.05) is 0 Å². The van der Waals surface area contributed by atoms with Crippen LogP contribution in [0.4, 0.5) is 8.78 Å². The molecule has 0 spiro atoms. The number of carbonyl (C=O) groups excluding carboxylic acids is 2. The quantitative estimate of drug-likeness (QED) is 0.787. The third-order valence-electron chi connectivity index (χ3n) is 2.74. The van der Waals surface area contributed by atoms with Crippen LogP contribution in [0.25, 0.3) is 0 Å². The molecule has 1 rings (SSSR count). The second-order valence-corrected chi connectivity index (χ2v) is 4.69. The van der Waals surface area contributed by atoms with Crippen molar-refractivity contribution in [2.45, 2.75) is 26.8 Å². The van der Waals surface area contributed by atoms with E-state index >= 15 is 0 Å². The normalized spacial score (nSPS) is 12.1. The van der Waals surface area contributed by atoms with Crippen LogP contribution in [0.15, 0.2) is 18.2 Å². The van der Waals surface area contributed by atoms with Gasteiger partial charge < -0.3 is 5.32 Å². The van der Waals surface area contributed by atoms with Crippen molar-refractivity contribution >= 4 is 11.8 Å². The SMILES string of the molecule is CCONC(=O)C(NC(=O)c1c(F)cccc1F)C(C)C. The molecule has 0 fully saturated rings. The van der Waals surface area contributed by atoms with Gasteiger partial charge in [0.2, 0.25) is 0 Å². The summed E-state index contributed by atoms with van der Waals surface area (Å²) in [5.41, 5.74) is 1.44. The number of benzene rings is 1. The number of hydroxylamine groups is 1. The van der Waals surface area contributed by atoms with Crippen LogP contribution in [0, 0.1) is 17.6 Å². The van der Waals surface area contributed by atoms with Gasteiger partial charge >= 0.3 is 0 Å². The number of hydrogen-bond acceptors (Lipinski definition) is 3. The molecule has 5 nitrogen and oxygen atoms in total. The molecule has 7 heteroatoms. The Hall–Kier alpha value is -2.02. The molecule has 0 bridgehead atoms. The smallest absolute Gasteiger partial charge is 0.266 e. The summed E-state index contributed by atoms with van der Waals surface area (Å²) in [5, 5.41) is 2.31. The van der Waals surface area contributed by atoms with Gasteiger partial charge in [0.15, 0.2) is 0 Å². The van der Waals surface area contributed by atoms with Gasteiger partial charge in [-0.25, -0.2) is 14.3 Å². The molecule has 1 atom stereocenters. The highest BCUT2D eigenvalue weighted by atomic mass is 19.1. The van der Waals surface area contributed by atoms with E-state index in [2.05, 4.69) is 10.8 Å². The van der Waals surface area contributed by atoms with Crippen molar-refractivity contribution in [2.75, 3.05) is 6.61 Å². The van der Waals surface area contributed by atoms with Gasteiger partial charge in [-0.15, -0.1) is 0 Å². The van der Waals surface area contributed by atoms with E-state index in [1.165, 1.54) is 0 Å². The molecule has 116 valence electrons. The van der Waals surface area contributed by atoms with Crippen molar-refractivity contribution in [1.29, 1.82) is 0 Å². The lowest BCUT2D eigenvalue weighted by Gasteiger charge is -2.21. The van der Waals surface area contributed by atoms with Gasteiger partial charge in [-0.1, -0.05) is 19.9 Å². The lowest BCUT2D eigenvalue weighted by atomic mass is 10.0. The molecular weight excluding hydrogens is 282 g/mol. The van der Waals surface area contributed by atoms with Gasteiger partial charge in [0.1, 0.15) is 23.2 Å². The monoisotopic (exact) mass is 300 g/mol. The van der Waals surface area contributed by atoms with E-state index in [1.54, 1.807) is 20.8 Å². The van der Waals surface area contributed by atoms with E-state index < -0.39 is 35.1 Å². The highest BCUT2D eigenvalue weighted by Gasteiger charge is 2.27. The van der Waals surface area contributed by atoms with E-state index in [9.17, 15) is 18.4 Å². The molecule has 0 saturated carbocycles. The molecule has 0 aliphatic carbocycles. The zero-order valence-corrected chi connectivity index (χ0v) is 12.1. The topological polar surface area (TPSA) is 67.4 Å². The fourth-order valence-corrected chi connectivity index (χ4v) is 1.67. The van der Waals surface area contributed by atoms with Crippen molar-refractivity contribution < 1.29 is 23.2 Å². The number of halogens is 2.